The smallest absolute Gasteiger partial charge is 0.0666 e. The number of nitrogens with zero attached hydrogens (tertiary/aromatic N) is 2. The molecule has 0 bridgehead atoms. The highest BCUT2D eigenvalue weighted by Gasteiger charge is 2.12. The summed E-state index contributed by atoms with van der Waals surface area (Å²) in [5.41, 5.74) is 2.58. The standard InChI is InChI=1S/C13H24N4/c1-3-13-12(10-17(2)16-13)9-15-8-11-4-6-14-7-5-11/h10-11,14-15H,3-9H2,1-2H3. The second kappa shape index (κ2) is 6.17. The highest BCUT2D eigenvalue weighted by atomic mass is 15.3. The molecule has 2 rings (SSSR count). The zero-order valence-electron chi connectivity index (χ0n) is 11.0. The lowest BCUT2D eigenvalue weighted by Gasteiger charge is -2.22. The van der Waals surface area contributed by atoms with Crippen molar-refractivity contribution in [2.45, 2.75) is 32.7 Å². The first-order valence-electron chi connectivity index (χ1n) is 6.72. The van der Waals surface area contributed by atoms with E-state index in [1.165, 1.54) is 37.2 Å². The van der Waals surface area contributed by atoms with Crippen LogP contribution in [0.3, 0.4) is 0 Å². The first-order chi connectivity index (χ1) is 8.29. The summed E-state index contributed by atoms with van der Waals surface area (Å²) in [6.07, 6.45) is 5.76. The maximum absolute atomic E-state index is 4.46. The van der Waals surface area contributed by atoms with Gasteiger partial charge >= 0.3 is 0 Å². The predicted molar refractivity (Wildman–Crippen MR) is 69.9 cm³/mol. The molecule has 0 aliphatic carbocycles. The van der Waals surface area contributed by atoms with E-state index in [0.29, 0.717) is 0 Å². The van der Waals surface area contributed by atoms with Gasteiger partial charge in [0.25, 0.3) is 0 Å². The van der Waals surface area contributed by atoms with Crippen molar-refractivity contribution in [1.82, 2.24) is 20.4 Å². The van der Waals surface area contributed by atoms with Crippen LogP contribution < -0.4 is 10.6 Å². The third-order valence-electron chi connectivity index (χ3n) is 3.53. The number of hydrogen-bond donors (Lipinski definition) is 2. The third kappa shape index (κ3) is 3.54. The molecule has 1 aliphatic rings. The molecule has 0 radical (unpaired) electrons. The molecule has 1 aromatic heterocycles. The fourth-order valence-electron chi connectivity index (χ4n) is 2.53. The maximum atomic E-state index is 4.46. The van der Waals surface area contributed by atoms with Crippen LogP contribution in [0.15, 0.2) is 6.20 Å². The molecule has 0 atom stereocenters. The Bertz CT molecular complexity index is 339. The van der Waals surface area contributed by atoms with Gasteiger partial charge in [0.05, 0.1) is 5.69 Å². The second-order valence-electron chi connectivity index (χ2n) is 4.95. The quantitative estimate of drug-likeness (QED) is 0.803. The highest BCUT2D eigenvalue weighted by Crippen LogP contribution is 2.11. The average molecular weight is 236 g/mol. The van der Waals surface area contributed by atoms with Crippen molar-refractivity contribution in [3.63, 3.8) is 0 Å². The molecule has 1 aromatic rings. The third-order valence-corrected chi connectivity index (χ3v) is 3.53. The van der Waals surface area contributed by atoms with Gasteiger partial charge in [-0.3, -0.25) is 4.68 Å². The number of piperidine rings is 1. The van der Waals surface area contributed by atoms with Crippen LogP contribution in [0.5, 0.6) is 0 Å². The lowest BCUT2D eigenvalue weighted by atomic mass is 9.98. The lowest BCUT2D eigenvalue weighted by molar-refractivity contribution is 0.356. The molecule has 1 saturated heterocycles. The van der Waals surface area contributed by atoms with E-state index in [0.717, 1.165) is 25.4 Å². The Morgan fingerprint density at radius 1 is 1.47 bits per heavy atom. The summed E-state index contributed by atoms with van der Waals surface area (Å²) >= 11 is 0. The molecule has 0 unspecified atom stereocenters. The Balaban J connectivity index is 1.76. The largest absolute Gasteiger partial charge is 0.317 e. The first-order valence-corrected chi connectivity index (χ1v) is 6.72. The van der Waals surface area contributed by atoms with E-state index < -0.39 is 0 Å². The summed E-state index contributed by atoms with van der Waals surface area (Å²) in [6, 6.07) is 0. The van der Waals surface area contributed by atoms with Crippen LogP contribution in [0.25, 0.3) is 0 Å². The van der Waals surface area contributed by atoms with E-state index >= 15 is 0 Å². The SMILES string of the molecule is CCc1nn(C)cc1CNCC1CCNCC1. The Morgan fingerprint density at radius 2 is 2.24 bits per heavy atom. The topological polar surface area (TPSA) is 41.9 Å². The van der Waals surface area contributed by atoms with Crippen molar-refractivity contribution in [1.29, 1.82) is 0 Å². The minimum absolute atomic E-state index is 0.845. The van der Waals surface area contributed by atoms with E-state index in [9.17, 15) is 0 Å². The lowest BCUT2D eigenvalue weighted by Crippen LogP contribution is -2.33. The van der Waals surface area contributed by atoms with Crippen LogP contribution in [0, 0.1) is 5.92 Å². The fourth-order valence-corrected chi connectivity index (χ4v) is 2.53. The van der Waals surface area contributed by atoms with Crippen molar-refractivity contribution in [2.24, 2.45) is 13.0 Å². The summed E-state index contributed by atoms with van der Waals surface area (Å²) < 4.78 is 1.92. The number of aromatic nitrogens is 2. The van der Waals surface area contributed by atoms with Gasteiger partial charge in [0.2, 0.25) is 0 Å². The van der Waals surface area contributed by atoms with Crippen molar-refractivity contribution < 1.29 is 0 Å². The van der Waals surface area contributed by atoms with Crippen molar-refractivity contribution in [3.8, 4) is 0 Å². The molecule has 96 valence electrons. The van der Waals surface area contributed by atoms with Crippen LogP contribution in [0.4, 0.5) is 0 Å². The van der Waals surface area contributed by atoms with Crippen LogP contribution in [-0.2, 0) is 20.0 Å². The Morgan fingerprint density at radius 3 is 2.94 bits per heavy atom. The summed E-state index contributed by atoms with van der Waals surface area (Å²) in [5.74, 6) is 0.845. The Labute approximate surface area is 104 Å². The molecule has 0 amide bonds. The highest BCUT2D eigenvalue weighted by molar-refractivity contribution is 5.16. The van der Waals surface area contributed by atoms with Crippen molar-refractivity contribution >= 4 is 0 Å². The zero-order chi connectivity index (χ0) is 12.1. The van der Waals surface area contributed by atoms with Gasteiger partial charge in [0.1, 0.15) is 0 Å². The van der Waals surface area contributed by atoms with Crippen molar-refractivity contribution in [3.05, 3.63) is 17.5 Å². The molecule has 17 heavy (non-hydrogen) atoms. The van der Waals surface area contributed by atoms with E-state index in [-0.39, 0.29) is 0 Å². The molecule has 1 fully saturated rings. The minimum Gasteiger partial charge on any atom is -0.317 e. The number of nitrogens with one attached hydrogen (secondary N) is 2. The number of rotatable bonds is 5. The van der Waals surface area contributed by atoms with Crippen LogP contribution in [0.1, 0.15) is 31.0 Å². The Hall–Kier alpha value is -0.870. The second-order valence-corrected chi connectivity index (χ2v) is 4.95. The van der Waals surface area contributed by atoms with E-state index in [1.807, 2.05) is 11.7 Å². The van der Waals surface area contributed by atoms with Gasteiger partial charge in [-0.2, -0.15) is 5.10 Å². The molecular weight excluding hydrogens is 212 g/mol. The summed E-state index contributed by atoms with van der Waals surface area (Å²) in [4.78, 5) is 0. The fraction of sp³-hybridized carbons (Fsp3) is 0.769. The zero-order valence-corrected chi connectivity index (χ0v) is 11.0. The van der Waals surface area contributed by atoms with Gasteiger partial charge in [0.15, 0.2) is 0 Å². The number of aryl methyl sites for hydroxylation is 2. The van der Waals surface area contributed by atoms with Crippen LogP contribution in [0.2, 0.25) is 0 Å². The normalized spacial score (nSPS) is 17.5. The molecule has 2 N–H and O–H groups in total. The molecule has 4 heteroatoms. The molecule has 0 aromatic carbocycles. The predicted octanol–water partition coefficient (Wildman–Crippen LogP) is 1.07. The van der Waals surface area contributed by atoms with Gasteiger partial charge in [-0.25, -0.2) is 0 Å². The Kier molecular flexibility index (Phi) is 4.57. The summed E-state index contributed by atoms with van der Waals surface area (Å²) in [6.45, 7) is 6.62. The van der Waals surface area contributed by atoms with E-state index in [4.69, 9.17) is 0 Å². The van der Waals surface area contributed by atoms with Crippen LogP contribution >= 0.6 is 0 Å². The molecule has 0 spiro atoms. The maximum Gasteiger partial charge on any atom is 0.0666 e. The first kappa shape index (κ1) is 12.6. The van der Waals surface area contributed by atoms with Gasteiger partial charge < -0.3 is 10.6 Å². The molecule has 0 saturated carbocycles. The van der Waals surface area contributed by atoms with Gasteiger partial charge in [-0.1, -0.05) is 6.92 Å². The van der Waals surface area contributed by atoms with Gasteiger partial charge in [-0.05, 0) is 44.8 Å². The van der Waals surface area contributed by atoms with Gasteiger partial charge in [-0.15, -0.1) is 0 Å². The van der Waals surface area contributed by atoms with E-state index in [2.05, 4.69) is 28.9 Å². The monoisotopic (exact) mass is 236 g/mol. The van der Waals surface area contributed by atoms with Gasteiger partial charge in [0, 0.05) is 25.4 Å². The summed E-state index contributed by atoms with van der Waals surface area (Å²) in [5, 5.41) is 11.4. The summed E-state index contributed by atoms with van der Waals surface area (Å²) in [7, 11) is 2.00. The van der Waals surface area contributed by atoms with E-state index in [1.54, 1.807) is 0 Å². The molecule has 1 aliphatic heterocycles. The number of hydrogen-bond acceptors (Lipinski definition) is 3. The van der Waals surface area contributed by atoms with Crippen molar-refractivity contribution in [2.75, 3.05) is 19.6 Å². The average Bonchev–Trinajstić information content (AvgIpc) is 2.71. The molecule has 4 nitrogen and oxygen atoms in total. The minimum atomic E-state index is 0.845. The molecule has 2 heterocycles. The van der Waals surface area contributed by atoms with Crippen LogP contribution in [-0.4, -0.2) is 29.4 Å². The molecular formula is C13H24N4.